The van der Waals surface area contributed by atoms with Crippen molar-refractivity contribution < 1.29 is 4.74 Å². The van der Waals surface area contributed by atoms with E-state index < -0.39 is 0 Å². The first-order valence-corrected chi connectivity index (χ1v) is 3.47. The van der Waals surface area contributed by atoms with Gasteiger partial charge in [0.2, 0.25) is 0 Å². The molecule has 0 aliphatic carbocycles. The van der Waals surface area contributed by atoms with Crippen LogP contribution in [0.2, 0.25) is 0 Å². The first kappa shape index (κ1) is 8.18. The summed E-state index contributed by atoms with van der Waals surface area (Å²) in [6.07, 6.45) is 0.685. The lowest BCUT2D eigenvalue weighted by Crippen LogP contribution is -2.00. The zero-order valence-electron chi connectivity index (χ0n) is 4.82. The van der Waals surface area contributed by atoms with Gasteiger partial charge in [-0.2, -0.15) is 0 Å². The van der Waals surface area contributed by atoms with Crippen molar-refractivity contribution in [1.82, 2.24) is 0 Å². The highest BCUT2D eigenvalue weighted by Crippen LogP contribution is 1.91. The van der Waals surface area contributed by atoms with Gasteiger partial charge in [-0.15, -0.1) is 11.6 Å². The van der Waals surface area contributed by atoms with E-state index in [1.807, 2.05) is 6.92 Å². The summed E-state index contributed by atoms with van der Waals surface area (Å²) < 4.78 is 4.93. The highest BCUT2D eigenvalue weighted by molar-refractivity contribution is 7.80. The van der Waals surface area contributed by atoms with Gasteiger partial charge in [0, 0.05) is 12.3 Å². The summed E-state index contributed by atoms with van der Waals surface area (Å²) in [5.74, 6) is 0.554. The van der Waals surface area contributed by atoms with Gasteiger partial charge in [-0.25, -0.2) is 0 Å². The Morgan fingerprint density at radius 1 is 1.75 bits per heavy atom. The molecule has 0 spiro atoms. The Hall–Kier alpha value is 0.180. The topological polar surface area (TPSA) is 9.23 Å². The molecule has 0 fully saturated rings. The molecule has 0 aliphatic heterocycles. The average molecular weight is 153 g/mol. The molecule has 0 saturated heterocycles. The smallest absolute Gasteiger partial charge is 0.160 e. The van der Waals surface area contributed by atoms with Crippen LogP contribution >= 0.6 is 23.8 Å². The number of alkyl halides is 1. The lowest BCUT2D eigenvalue weighted by molar-refractivity contribution is 0.329. The molecule has 0 N–H and O–H groups in total. The van der Waals surface area contributed by atoms with Gasteiger partial charge >= 0.3 is 0 Å². The summed E-state index contributed by atoms with van der Waals surface area (Å²) in [6.45, 7) is 2.55. The van der Waals surface area contributed by atoms with E-state index in [0.717, 1.165) is 0 Å². The molecule has 0 aromatic heterocycles. The quantitative estimate of drug-likeness (QED) is 0.452. The molecule has 0 saturated carbocycles. The monoisotopic (exact) mass is 152 g/mol. The minimum absolute atomic E-state index is 0.554. The molecule has 0 unspecified atom stereocenters. The summed E-state index contributed by atoms with van der Waals surface area (Å²) in [5, 5.41) is 0.613. The fraction of sp³-hybridized carbons (Fsp3) is 0.800. The largest absolute Gasteiger partial charge is 0.487 e. The maximum Gasteiger partial charge on any atom is 0.160 e. The Morgan fingerprint density at radius 3 is 2.75 bits per heavy atom. The third kappa shape index (κ3) is 4.34. The Labute approximate surface area is 60.0 Å². The van der Waals surface area contributed by atoms with Crippen molar-refractivity contribution in [3.8, 4) is 0 Å². The number of hydrogen-bond acceptors (Lipinski definition) is 2. The van der Waals surface area contributed by atoms with Crippen LogP contribution in [0.15, 0.2) is 0 Å². The maximum absolute atomic E-state index is 5.36. The van der Waals surface area contributed by atoms with E-state index in [0.29, 0.717) is 24.0 Å². The number of thiocarbonyl (C=S) groups is 1. The van der Waals surface area contributed by atoms with E-state index >= 15 is 0 Å². The van der Waals surface area contributed by atoms with Crippen LogP contribution in [0.3, 0.4) is 0 Å². The van der Waals surface area contributed by atoms with Crippen molar-refractivity contribution >= 4 is 28.9 Å². The van der Waals surface area contributed by atoms with Gasteiger partial charge in [0.1, 0.15) is 0 Å². The predicted molar refractivity (Wildman–Crippen MR) is 39.6 cm³/mol. The molecule has 0 heterocycles. The molecule has 8 heavy (non-hydrogen) atoms. The van der Waals surface area contributed by atoms with Crippen LogP contribution in [0.1, 0.15) is 13.3 Å². The van der Waals surface area contributed by atoms with Crippen LogP contribution in [0, 0.1) is 0 Å². The molecule has 48 valence electrons. The summed E-state index contributed by atoms with van der Waals surface area (Å²) in [6, 6.07) is 0. The average Bonchev–Trinajstić information content (AvgIpc) is 1.68. The van der Waals surface area contributed by atoms with E-state index in [4.69, 9.17) is 28.6 Å². The highest BCUT2D eigenvalue weighted by atomic mass is 35.5. The fourth-order valence-electron chi connectivity index (χ4n) is 0.310. The van der Waals surface area contributed by atoms with Gasteiger partial charge in [-0.3, -0.25) is 0 Å². The van der Waals surface area contributed by atoms with Crippen molar-refractivity contribution in [2.45, 2.75) is 13.3 Å². The Kier molecular flexibility index (Phi) is 5.44. The first-order chi connectivity index (χ1) is 3.81. The molecule has 1 nitrogen and oxygen atoms in total. The van der Waals surface area contributed by atoms with Gasteiger partial charge in [-0.1, -0.05) is 0 Å². The van der Waals surface area contributed by atoms with Crippen LogP contribution in [0.4, 0.5) is 0 Å². The van der Waals surface area contributed by atoms with Gasteiger partial charge in [0.05, 0.1) is 6.61 Å². The molecule has 0 aromatic rings. The molecular formula is C5H9ClOS. The van der Waals surface area contributed by atoms with Crippen molar-refractivity contribution in [3.63, 3.8) is 0 Å². The third-order valence-corrected chi connectivity index (χ3v) is 1.11. The van der Waals surface area contributed by atoms with Crippen LogP contribution in [0.25, 0.3) is 0 Å². The van der Waals surface area contributed by atoms with Crippen molar-refractivity contribution in [2.75, 3.05) is 12.5 Å². The maximum atomic E-state index is 5.36. The highest BCUT2D eigenvalue weighted by Gasteiger charge is 1.91. The standard InChI is InChI=1S/C5H9ClOS/c1-2-7-5(8)3-4-6/h2-4H2,1H3. The number of halogens is 1. The minimum Gasteiger partial charge on any atom is -0.487 e. The fourth-order valence-corrected chi connectivity index (χ4v) is 0.814. The summed E-state index contributed by atoms with van der Waals surface area (Å²) in [5.41, 5.74) is 0. The molecular weight excluding hydrogens is 144 g/mol. The lowest BCUT2D eigenvalue weighted by Gasteiger charge is -1.99. The molecule has 0 bridgehead atoms. The Balaban J connectivity index is 3.06. The molecule has 3 heteroatoms. The normalized spacial score (nSPS) is 8.75. The van der Waals surface area contributed by atoms with E-state index in [1.54, 1.807) is 0 Å². The second-order valence-electron chi connectivity index (χ2n) is 1.24. The Morgan fingerprint density at radius 2 is 2.38 bits per heavy atom. The van der Waals surface area contributed by atoms with Crippen molar-refractivity contribution in [2.24, 2.45) is 0 Å². The van der Waals surface area contributed by atoms with Crippen molar-refractivity contribution in [1.29, 1.82) is 0 Å². The summed E-state index contributed by atoms with van der Waals surface area (Å²) >= 11 is 10.1. The summed E-state index contributed by atoms with van der Waals surface area (Å²) in [7, 11) is 0. The second-order valence-corrected chi connectivity index (χ2v) is 2.08. The molecule has 0 atom stereocenters. The Bertz CT molecular complexity index is 66.8. The van der Waals surface area contributed by atoms with Gasteiger partial charge in [0.25, 0.3) is 0 Å². The van der Waals surface area contributed by atoms with Gasteiger partial charge < -0.3 is 4.74 Å². The van der Waals surface area contributed by atoms with Crippen molar-refractivity contribution in [3.05, 3.63) is 0 Å². The number of ether oxygens (including phenoxy) is 1. The van der Waals surface area contributed by atoms with Crippen LogP contribution in [-0.2, 0) is 4.74 Å². The molecule has 0 rings (SSSR count). The van der Waals surface area contributed by atoms with Crippen LogP contribution in [0.5, 0.6) is 0 Å². The zero-order valence-corrected chi connectivity index (χ0v) is 6.39. The number of rotatable bonds is 3. The van der Waals surface area contributed by atoms with Gasteiger partial charge in [0.15, 0.2) is 5.05 Å². The van der Waals surface area contributed by atoms with E-state index in [-0.39, 0.29) is 0 Å². The zero-order chi connectivity index (χ0) is 6.41. The van der Waals surface area contributed by atoms with Crippen LogP contribution < -0.4 is 0 Å². The minimum atomic E-state index is 0.554. The number of hydrogen-bond donors (Lipinski definition) is 0. The summed E-state index contributed by atoms with van der Waals surface area (Å²) in [4.78, 5) is 0. The van der Waals surface area contributed by atoms with Gasteiger partial charge in [-0.05, 0) is 19.1 Å². The third-order valence-electron chi connectivity index (χ3n) is 0.604. The van der Waals surface area contributed by atoms with E-state index in [2.05, 4.69) is 0 Å². The molecule has 0 amide bonds. The first-order valence-electron chi connectivity index (χ1n) is 2.52. The lowest BCUT2D eigenvalue weighted by atomic mass is 10.5. The molecule has 0 radical (unpaired) electrons. The van der Waals surface area contributed by atoms with Crippen LogP contribution in [-0.4, -0.2) is 17.5 Å². The van der Waals surface area contributed by atoms with E-state index in [1.165, 1.54) is 0 Å². The SMILES string of the molecule is CCOC(=S)CCCl. The molecule has 0 aliphatic rings. The second kappa shape index (κ2) is 5.32. The predicted octanol–water partition coefficient (Wildman–Crippen LogP) is 1.98. The molecule has 0 aromatic carbocycles. The van der Waals surface area contributed by atoms with E-state index in [9.17, 15) is 0 Å².